The highest BCUT2D eigenvalue weighted by molar-refractivity contribution is 5.88. The molecule has 2 rings (SSSR count). The smallest absolute Gasteiger partial charge is 0.257 e. The molecule has 1 aromatic heterocycles. The largest absolute Gasteiger partial charge is 0.321 e. The Labute approximate surface area is 107 Å². The van der Waals surface area contributed by atoms with Gasteiger partial charge in [0.05, 0.1) is 11.1 Å². The molecule has 0 atom stereocenters. The third kappa shape index (κ3) is 2.86. The van der Waals surface area contributed by atoms with Gasteiger partial charge < -0.3 is 4.98 Å². The van der Waals surface area contributed by atoms with Crippen LogP contribution in [0.5, 0.6) is 0 Å². The lowest BCUT2D eigenvalue weighted by Gasteiger charge is -2.10. The van der Waals surface area contributed by atoms with E-state index in [9.17, 15) is 4.79 Å². The summed E-state index contributed by atoms with van der Waals surface area (Å²) < 4.78 is 0. The number of H-pyrrole nitrogens is 1. The summed E-state index contributed by atoms with van der Waals surface area (Å²) in [7, 11) is 0. The summed E-state index contributed by atoms with van der Waals surface area (Å²) in [6.07, 6.45) is 1.65. The molecule has 0 bridgehead atoms. The van der Waals surface area contributed by atoms with E-state index in [1.165, 1.54) is 5.56 Å². The number of pyridine rings is 1. The first-order chi connectivity index (χ1) is 8.35. The maximum atomic E-state index is 11.9. The topological polar surface area (TPSA) is 45.2 Å². The molecular weight excluding hydrogens is 224 g/mol. The molecule has 1 aromatic carbocycles. The minimum atomic E-state index is -0.173. The molecule has 0 fully saturated rings. The van der Waals surface area contributed by atoms with Gasteiger partial charge in [0.2, 0.25) is 0 Å². The molecule has 1 N–H and O–H groups in total. The number of aromatic nitrogens is 1. The van der Waals surface area contributed by atoms with Crippen molar-refractivity contribution in [1.29, 1.82) is 0 Å². The molecule has 0 aliphatic heterocycles. The Morgan fingerprint density at radius 3 is 2.61 bits per heavy atom. The van der Waals surface area contributed by atoms with Crippen LogP contribution in [0.25, 0.3) is 10.9 Å². The number of aromatic amines is 1. The Hall–Kier alpha value is -1.90. The van der Waals surface area contributed by atoms with Crippen LogP contribution >= 0.6 is 0 Å². The van der Waals surface area contributed by atoms with Crippen LogP contribution in [0.1, 0.15) is 31.9 Å². The monoisotopic (exact) mass is 242 g/mol. The second-order valence-electron chi connectivity index (χ2n) is 5.57. The van der Waals surface area contributed by atoms with Crippen LogP contribution in [0.2, 0.25) is 0 Å². The fraction of sp³-hybridized carbons (Fsp3) is 0.333. The van der Waals surface area contributed by atoms with Crippen molar-refractivity contribution in [3.8, 4) is 0 Å². The van der Waals surface area contributed by atoms with Crippen molar-refractivity contribution < 1.29 is 0 Å². The van der Waals surface area contributed by atoms with E-state index >= 15 is 0 Å². The predicted octanol–water partition coefficient (Wildman–Crippen LogP) is 3.05. The van der Waals surface area contributed by atoms with E-state index in [1.807, 2.05) is 45.9 Å². The maximum Gasteiger partial charge on any atom is 0.257 e. The van der Waals surface area contributed by atoms with Crippen molar-refractivity contribution in [3.63, 3.8) is 0 Å². The van der Waals surface area contributed by atoms with Gasteiger partial charge in [-0.3, -0.25) is 9.79 Å². The second-order valence-corrected chi connectivity index (χ2v) is 5.57. The molecule has 94 valence electrons. The van der Waals surface area contributed by atoms with Gasteiger partial charge >= 0.3 is 0 Å². The molecule has 0 saturated carbocycles. The average molecular weight is 242 g/mol. The van der Waals surface area contributed by atoms with Gasteiger partial charge in [-0.25, -0.2) is 0 Å². The van der Waals surface area contributed by atoms with Gasteiger partial charge in [0, 0.05) is 11.7 Å². The van der Waals surface area contributed by atoms with E-state index in [0.29, 0.717) is 5.56 Å². The lowest BCUT2D eigenvalue weighted by Crippen LogP contribution is -2.15. The van der Waals surface area contributed by atoms with Crippen molar-refractivity contribution in [2.45, 2.75) is 33.2 Å². The number of benzene rings is 1. The minimum absolute atomic E-state index is 0.0978. The van der Waals surface area contributed by atoms with Gasteiger partial charge in [-0.2, -0.15) is 0 Å². The van der Waals surface area contributed by atoms with Crippen molar-refractivity contribution in [2.24, 2.45) is 4.99 Å². The molecule has 0 amide bonds. The summed E-state index contributed by atoms with van der Waals surface area (Å²) in [6, 6.07) is 7.86. The summed E-state index contributed by atoms with van der Waals surface area (Å²) in [5, 5.41) is 1.03. The Morgan fingerprint density at radius 2 is 1.94 bits per heavy atom. The first-order valence-electron chi connectivity index (χ1n) is 6.04. The van der Waals surface area contributed by atoms with Crippen molar-refractivity contribution >= 4 is 17.1 Å². The third-order valence-corrected chi connectivity index (χ3v) is 2.62. The molecule has 0 spiro atoms. The summed E-state index contributed by atoms with van der Waals surface area (Å²) >= 11 is 0. The van der Waals surface area contributed by atoms with Crippen LogP contribution in [0.4, 0.5) is 0 Å². The highest BCUT2D eigenvalue weighted by Crippen LogP contribution is 2.13. The zero-order valence-electron chi connectivity index (χ0n) is 11.2. The fourth-order valence-electron chi connectivity index (χ4n) is 1.70. The van der Waals surface area contributed by atoms with Crippen LogP contribution in [0.15, 0.2) is 34.1 Å². The molecule has 3 heteroatoms. The third-order valence-electron chi connectivity index (χ3n) is 2.62. The number of fused-ring (bicyclic) bond motifs is 1. The van der Waals surface area contributed by atoms with E-state index < -0.39 is 0 Å². The number of nitrogens with one attached hydrogen (secondary N) is 1. The summed E-state index contributed by atoms with van der Waals surface area (Å²) in [6.45, 7) is 8.04. The van der Waals surface area contributed by atoms with Gasteiger partial charge in [-0.05, 0) is 51.3 Å². The molecule has 0 radical (unpaired) electrons. The fourth-order valence-corrected chi connectivity index (χ4v) is 1.70. The van der Waals surface area contributed by atoms with Gasteiger partial charge in [-0.15, -0.1) is 0 Å². The Bertz CT molecular complexity index is 660. The van der Waals surface area contributed by atoms with Crippen LogP contribution in [-0.4, -0.2) is 16.7 Å². The quantitative estimate of drug-likeness (QED) is 0.767. The molecule has 0 aliphatic carbocycles. The summed E-state index contributed by atoms with van der Waals surface area (Å²) in [4.78, 5) is 19.1. The lowest BCUT2D eigenvalue weighted by molar-refractivity contribution is 0.586. The maximum absolute atomic E-state index is 11.9. The summed E-state index contributed by atoms with van der Waals surface area (Å²) in [5.74, 6) is 0. The highest BCUT2D eigenvalue weighted by atomic mass is 16.1. The van der Waals surface area contributed by atoms with E-state index in [2.05, 4.69) is 16.0 Å². The van der Waals surface area contributed by atoms with Crippen molar-refractivity contribution in [2.75, 3.05) is 0 Å². The van der Waals surface area contributed by atoms with E-state index in [-0.39, 0.29) is 11.1 Å². The number of rotatable bonds is 1. The lowest BCUT2D eigenvalue weighted by atomic mass is 10.1. The molecule has 1 heterocycles. The van der Waals surface area contributed by atoms with Gasteiger partial charge in [-0.1, -0.05) is 11.6 Å². The molecule has 18 heavy (non-hydrogen) atoms. The van der Waals surface area contributed by atoms with Crippen LogP contribution in [0, 0.1) is 6.92 Å². The Kier molecular flexibility index (Phi) is 3.07. The Balaban J connectivity index is 2.55. The van der Waals surface area contributed by atoms with Crippen LogP contribution in [-0.2, 0) is 0 Å². The van der Waals surface area contributed by atoms with Gasteiger partial charge in [0.1, 0.15) is 0 Å². The van der Waals surface area contributed by atoms with Gasteiger partial charge in [0.25, 0.3) is 5.56 Å². The van der Waals surface area contributed by atoms with E-state index in [4.69, 9.17) is 0 Å². The van der Waals surface area contributed by atoms with E-state index in [0.717, 1.165) is 10.9 Å². The van der Waals surface area contributed by atoms with Gasteiger partial charge in [0.15, 0.2) is 0 Å². The standard InChI is InChI=1S/C15H18N2O/c1-10-5-6-13-11(7-10)8-12(14(18)17-13)9-16-15(2,3)4/h5-9H,1-4H3,(H,17,18). The van der Waals surface area contributed by atoms with Crippen LogP contribution in [0.3, 0.4) is 0 Å². The van der Waals surface area contributed by atoms with Crippen molar-refractivity contribution in [1.82, 2.24) is 4.98 Å². The number of aryl methyl sites for hydroxylation is 1. The first-order valence-corrected chi connectivity index (χ1v) is 6.04. The zero-order valence-corrected chi connectivity index (χ0v) is 11.2. The summed E-state index contributed by atoms with van der Waals surface area (Å²) in [5.41, 5.74) is 2.36. The number of hydrogen-bond donors (Lipinski definition) is 1. The predicted molar refractivity (Wildman–Crippen MR) is 76.7 cm³/mol. The molecular formula is C15H18N2O. The zero-order chi connectivity index (χ0) is 13.3. The van der Waals surface area contributed by atoms with Crippen LogP contribution < -0.4 is 5.56 Å². The van der Waals surface area contributed by atoms with Crippen molar-refractivity contribution in [3.05, 3.63) is 45.7 Å². The molecule has 2 aromatic rings. The minimum Gasteiger partial charge on any atom is -0.321 e. The molecule has 0 saturated heterocycles. The molecule has 0 unspecified atom stereocenters. The molecule has 0 aliphatic rings. The first kappa shape index (κ1) is 12.6. The van der Waals surface area contributed by atoms with E-state index in [1.54, 1.807) is 6.21 Å². The normalized spacial score (nSPS) is 12.4. The second kappa shape index (κ2) is 4.41. The number of hydrogen-bond acceptors (Lipinski definition) is 2. The molecule has 3 nitrogen and oxygen atoms in total. The SMILES string of the molecule is Cc1ccc2[nH]c(=O)c(C=NC(C)(C)C)cc2c1. The Morgan fingerprint density at radius 1 is 1.22 bits per heavy atom. The average Bonchev–Trinajstić information content (AvgIpc) is 2.26. The number of nitrogens with zero attached hydrogens (tertiary/aromatic N) is 1. The number of aliphatic imine (C=N–C) groups is 1. The highest BCUT2D eigenvalue weighted by Gasteiger charge is 2.06.